The summed E-state index contributed by atoms with van der Waals surface area (Å²) >= 11 is 0. The first-order chi connectivity index (χ1) is 9.06. The summed E-state index contributed by atoms with van der Waals surface area (Å²) in [5.41, 5.74) is 6.66. The molecule has 1 aromatic carbocycles. The molecule has 2 rings (SSSR count). The lowest BCUT2D eigenvalue weighted by Crippen LogP contribution is -2.33. The average molecular weight is 264 g/mol. The van der Waals surface area contributed by atoms with Crippen LogP contribution in [0.2, 0.25) is 0 Å². The topological polar surface area (TPSA) is 46.3 Å². The molecule has 1 aliphatic carbocycles. The lowest BCUT2D eigenvalue weighted by atomic mass is 10.1. The van der Waals surface area contributed by atoms with Crippen molar-refractivity contribution in [1.82, 2.24) is 4.90 Å². The molecule has 1 fully saturated rings. The molecule has 0 aliphatic heterocycles. The van der Waals surface area contributed by atoms with Crippen LogP contribution in [0.15, 0.2) is 24.3 Å². The maximum atomic E-state index is 12.9. The van der Waals surface area contributed by atoms with Crippen molar-refractivity contribution in [2.24, 2.45) is 5.73 Å². The van der Waals surface area contributed by atoms with E-state index in [0.717, 1.165) is 18.4 Å². The van der Waals surface area contributed by atoms with Gasteiger partial charge in [-0.2, -0.15) is 0 Å². The second-order valence-electron chi connectivity index (χ2n) is 5.40. The molecule has 0 radical (unpaired) electrons. The van der Waals surface area contributed by atoms with Crippen LogP contribution in [-0.4, -0.2) is 22.9 Å². The molecular weight excluding hydrogens is 243 g/mol. The van der Waals surface area contributed by atoms with Crippen molar-refractivity contribution in [3.63, 3.8) is 0 Å². The summed E-state index contributed by atoms with van der Waals surface area (Å²) in [6.45, 7) is 2.48. The van der Waals surface area contributed by atoms with Crippen LogP contribution in [0.25, 0.3) is 0 Å². The van der Waals surface area contributed by atoms with Gasteiger partial charge in [-0.1, -0.05) is 12.1 Å². The zero-order chi connectivity index (χ0) is 13.8. The van der Waals surface area contributed by atoms with Crippen molar-refractivity contribution in [1.29, 1.82) is 0 Å². The highest BCUT2D eigenvalue weighted by Gasteiger charge is 2.32. The fraction of sp³-hybridized carbons (Fsp3) is 0.533. The fourth-order valence-electron chi connectivity index (χ4n) is 2.09. The Hall–Kier alpha value is -1.42. The van der Waals surface area contributed by atoms with Crippen LogP contribution in [0.5, 0.6) is 0 Å². The standard InChI is InChI=1S/C15H21FN2O/c1-11(17)2-9-15(19)18(14-7-8-14)10-12-3-5-13(16)6-4-12/h3-6,11,14H,2,7-10,17H2,1H3. The highest BCUT2D eigenvalue weighted by Crippen LogP contribution is 2.29. The van der Waals surface area contributed by atoms with Crippen molar-refractivity contribution in [2.45, 2.75) is 51.2 Å². The van der Waals surface area contributed by atoms with Crippen molar-refractivity contribution in [2.75, 3.05) is 0 Å². The largest absolute Gasteiger partial charge is 0.335 e. The lowest BCUT2D eigenvalue weighted by Gasteiger charge is -2.23. The highest BCUT2D eigenvalue weighted by atomic mass is 19.1. The number of carbonyl (C=O) groups is 1. The minimum Gasteiger partial charge on any atom is -0.335 e. The molecule has 19 heavy (non-hydrogen) atoms. The molecule has 0 heterocycles. The number of rotatable bonds is 6. The third-order valence-electron chi connectivity index (χ3n) is 3.39. The van der Waals surface area contributed by atoms with Gasteiger partial charge in [0.05, 0.1) is 0 Å². The molecule has 1 aromatic rings. The van der Waals surface area contributed by atoms with E-state index >= 15 is 0 Å². The number of benzene rings is 1. The van der Waals surface area contributed by atoms with Gasteiger partial charge in [-0.05, 0) is 43.9 Å². The Morgan fingerprint density at radius 2 is 2.05 bits per heavy atom. The lowest BCUT2D eigenvalue weighted by molar-refractivity contribution is -0.132. The van der Waals surface area contributed by atoms with Gasteiger partial charge in [-0.15, -0.1) is 0 Å². The predicted molar refractivity (Wildman–Crippen MR) is 72.9 cm³/mol. The molecule has 1 saturated carbocycles. The van der Waals surface area contributed by atoms with Gasteiger partial charge < -0.3 is 10.6 Å². The Kier molecular flexibility index (Phi) is 4.53. The Labute approximate surface area is 113 Å². The molecule has 1 atom stereocenters. The number of carbonyl (C=O) groups excluding carboxylic acids is 1. The number of amides is 1. The highest BCUT2D eigenvalue weighted by molar-refractivity contribution is 5.76. The monoisotopic (exact) mass is 264 g/mol. The van der Waals surface area contributed by atoms with E-state index in [4.69, 9.17) is 5.73 Å². The Balaban J connectivity index is 1.96. The van der Waals surface area contributed by atoms with Crippen LogP contribution in [-0.2, 0) is 11.3 Å². The molecule has 1 unspecified atom stereocenters. The molecule has 104 valence electrons. The van der Waals surface area contributed by atoms with Crippen LogP contribution in [0, 0.1) is 5.82 Å². The van der Waals surface area contributed by atoms with Gasteiger partial charge in [0.2, 0.25) is 5.91 Å². The summed E-state index contributed by atoms with van der Waals surface area (Å²) in [5, 5.41) is 0. The molecule has 3 nitrogen and oxygen atoms in total. The van der Waals surface area contributed by atoms with E-state index in [1.54, 1.807) is 12.1 Å². The van der Waals surface area contributed by atoms with Gasteiger partial charge >= 0.3 is 0 Å². The minimum absolute atomic E-state index is 0.0517. The van der Waals surface area contributed by atoms with Gasteiger partial charge in [0.25, 0.3) is 0 Å². The Morgan fingerprint density at radius 3 is 2.58 bits per heavy atom. The smallest absolute Gasteiger partial charge is 0.223 e. The van der Waals surface area contributed by atoms with Crippen LogP contribution in [0.1, 0.15) is 38.2 Å². The van der Waals surface area contributed by atoms with Crippen molar-refractivity contribution < 1.29 is 9.18 Å². The summed E-state index contributed by atoms with van der Waals surface area (Å²) in [5.74, 6) is -0.0888. The summed E-state index contributed by atoms with van der Waals surface area (Å²) in [7, 11) is 0. The number of nitrogens with two attached hydrogens (primary N) is 1. The maximum absolute atomic E-state index is 12.9. The number of nitrogens with zero attached hydrogens (tertiary/aromatic N) is 1. The van der Waals surface area contributed by atoms with Gasteiger partial charge in [0, 0.05) is 25.0 Å². The van der Waals surface area contributed by atoms with E-state index < -0.39 is 0 Å². The molecule has 0 aromatic heterocycles. The molecule has 0 saturated heterocycles. The van der Waals surface area contributed by atoms with E-state index in [1.807, 2.05) is 11.8 Å². The second kappa shape index (κ2) is 6.15. The molecule has 1 aliphatic rings. The second-order valence-corrected chi connectivity index (χ2v) is 5.40. The maximum Gasteiger partial charge on any atom is 0.223 e. The van der Waals surface area contributed by atoms with Crippen molar-refractivity contribution in [3.8, 4) is 0 Å². The van der Waals surface area contributed by atoms with E-state index in [1.165, 1.54) is 12.1 Å². The zero-order valence-corrected chi connectivity index (χ0v) is 11.3. The first-order valence-electron chi connectivity index (χ1n) is 6.86. The number of hydrogen-bond acceptors (Lipinski definition) is 2. The molecule has 0 spiro atoms. The van der Waals surface area contributed by atoms with E-state index in [0.29, 0.717) is 25.4 Å². The van der Waals surface area contributed by atoms with Crippen LogP contribution < -0.4 is 5.73 Å². The van der Waals surface area contributed by atoms with E-state index in [-0.39, 0.29) is 17.8 Å². The predicted octanol–water partition coefficient (Wildman–Crippen LogP) is 2.44. The first-order valence-corrected chi connectivity index (χ1v) is 6.86. The number of halogens is 1. The van der Waals surface area contributed by atoms with Gasteiger partial charge in [0.1, 0.15) is 5.82 Å². The van der Waals surface area contributed by atoms with Crippen LogP contribution in [0.3, 0.4) is 0 Å². The van der Waals surface area contributed by atoms with Crippen molar-refractivity contribution >= 4 is 5.91 Å². The Bertz CT molecular complexity index is 426. The molecular formula is C15H21FN2O. The summed E-state index contributed by atoms with van der Waals surface area (Å²) < 4.78 is 12.9. The normalized spacial score (nSPS) is 16.2. The molecule has 4 heteroatoms. The fourth-order valence-corrected chi connectivity index (χ4v) is 2.09. The zero-order valence-electron chi connectivity index (χ0n) is 11.3. The first kappa shape index (κ1) is 14.0. The number of hydrogen-bond donors (Lipinski definition) is 1. The van der Waals surface area contributed by atoms with Gasteiger partial charge in [0.15, 0.2) is 0 Å². The summed E-state index contributed by atoms with van der Waals surface area (Å²) in [6.07, 6.45) is 3.36. The third kappa shape index (κ3) is 4.31. The third-order valence-corrected chi connectivity index (χ3v) is 3.39. The Morgan fingerprint density at radius 1 is 1.42 bits per heavy atom. The van der Waals surface area contributed by atoms with Gasteiger partial charge in [-0.3, -0.25) is 4.79 Å². The molecule has 0 bridgehead atoms. The van der Waals surface area contributed by atoms with E-state index in [9.17, 15) is 9.18 Å². The van der Waals surface area contributed by atoms with E-state index in [2.05, 4.69) is 0 Å². The molecule has 2 N–H and O–H groups in total. The SMILES string of the molecule is CC(N)CCC(=O)N(Cc1ccc(F)cc1)C1CC1. The summed E-state index contributed by atoms with van der Waals surface area (Å²) in [4.78, 5) is 14.1. The van der Waals surface area contributed by atoms with Gasteiger partial charge in [-0.25, -0.2) is 4.39 Å². The van der Waals surface area contributed by atoms with Crippen LogP contribution >= 0.6 is 0 Å². The quantitative estimate of drug-likeness (QED) is 0.857. The molecule has 1 amide bonds. The summed E-state index contributed by atoms with van der Waals surface area (Å²) in [6, 6.07) is 6.77. The minimum atomic E-state index is -0.245. The average Bonchev–Trinajstić information content (AvgIpc) is 3.19. The van der Waals surface area contributed by atoms with Crippen LogP contribution in [0.4, 0.5) is 4.39 Å². The van der Waals surface area contributed by atoms with Crippen molar-refractivity contribution in [3.05, 3.63) is 35.6 Å².